The first-order valence-corrected chi connectivity index (χ1v) is 11.0. The lowest BCUT2D eigenvalue weighted by Crippen LogP contribution is -2.38. The number of pyridine rings is 1. The van der Waals surface area contributed by atoms with E-state index in [9.17, 15) is 9.59 Å². The van der Waals surface area contributed by atoms with Crippen LogP contribution in [0.5, 0.6) is 0 Å². The second-order valence-corrected chi connectivity index (χ2v) is 9.44. The van der Waals surface area contributed by atoms with Crippen molar-refractivity contribution >= 4 is 33.6 Å². The highest BCUT2D eigenvalue weighted by atomic mass is 32.1. The van der Waals surface area contributed by atoms with Crippen LogP contribution in [0.1, 0.15) is 48.1 Å². The van der Waals surface area contributed by atoms with Gasteiger partial charge in [-0.15, -0.1) is 11.3 Å². The normalized spacial score (nSPS) is 11.5. The highest BCUT2D eigenvalue weighted by Crippen LogP contribution is 2.27. The van der Waals surface area contributed by atoms with Crippen LogP contribution in [0.4, 0.5) is 4.79 Å². The van der Waals surface area contributed by atoms with Crippen molar-refractivity contribution in [2.45, 2.75) is 46.3 Å². The number of fused-ring (bicyclic) bond motifs is 1. The highest BCUT2D eigenvalue weighted by molar-refractivity contribution is 7.20. The van der Waals surface area contributed by atoms with Gasteiger partial charge >= 0.3 is 6.09 Å². The van der Waals surface area contributed by atoms with E-state index in [-0.39, 0.29) is 12.0 Å². The summed E-state index contributed by atoms with van der Waals surface area (Å²) in [5.41, 5.74) is 1.26. The van der Waals surface area contributed by atoms with Gasteiger partial charge in [0.1, 0.15) is 10.4 Å². The molecule has 0 aliphatic rings. The molecule has 0 spiro atoms. The summed E-state index contributed by atoms with van der Waals surface area (Å²) in [4.78, 5) is 32.6. The Bertz CT molecular complexity index is 1020. The number of aryl methyl sites for hydroxylation is 2. The van der Waals surface area contributed by atoms with Crippen molar-refractivity contribution in [2.75, 3.05) is 13.1 Å². The minimum Gasteiger partial charge on any atom is -0.444 e. The van der Waals surface area contributed by atoms with Crippen LogP contribution in [0.15, 0.2) is 30.6 Å². The van der Waals surface area contributed by atoms with Gasteiger partial charge < -0.3 is 15.0 Å². The van der Waals surface area contributed by atoms with Crippen molar-refractivity contribution in [1.82, 2.24) is 25.0 Å². The summed E-state index contributed by atoms with van der Waals surface area (Å²) in [5.74, 6) is -0.114. The van der Waals surface area contributed by atoms with E-state index in [2.05, 4.69) is 15.4 Å². The number of hydrogen-bond donors (Lipinski definition) is 1. The molecule has 0 aliphatic heterocycles. The minimum absolute atomic E-state index is 0.114. The summed E-state index contributed by atoms with van der Waals surface area (Å²) in [7, 11) is 1.88. The molecule has 31 heavy (non-hydrogen) atoms. The first kappa shape index (κ1) is 22.7. The van der Waals surface area contributed by atoms with E-state index in [1.165, 1.54) is 11.3 Å². The fourth-order valence-corrected chi connectivity index (χ4v) is 4.19. The molecule has 3 rings (SSSR count). The largest absolute Gasteiger partial charge is 0.444 e. The summed E-state index contributed by atoms with van der Waals surface area (Å²) >= 11 is 1.43. The Morgan fingerprint density at radius 2 is 2.10 bits per heavy atom. The van der Waals surface area contributed by atoms with Crippen LogP contribution in [0, 0.1) is 6.92 Å². The third-order valence-corrected chi connectivity index (χ3v) is 5.76. The van der Waals surface area contributed by atoms with Gasteiger partial charge in [-0.05, 0) is 51.8 Å². The summed E-state index contributed by atoms with van der Waals surface area (Å²) in [6.07, 6.45) is 3.66. The van der Waals surface area contributed by atoms with E-state index in [1.54, 1.807) is 22.0 Å². The van der Waals surface area contributed by atoms with Crippen LogP contribution in [-0.2, 0) is 18.3 Å². The monoisotopic (exact) mass is 443 g/mol. The molecule has 0 saturated carbocycles. The van der Waals surface area contributed by atoms with Gasteiger partial charge in [0, 0.05) is 37.9 Å². The second-order valence-electron chi connectivity index (χ2n) is 8.41. The average molecular weight is 444 g/mol. The molecule has 2 amide bonds. The molecule has 0 radical (unpaired) electrons. The number of thiophene rings is 1. The Morgan fingerprint density at radius 1 is 1.32 bits per heavy atom. The molecule has 9 heteroatoms. The maximum Gasteiger partial charge on any atom is 0.410 e. The van der Waals surface area contributed by atoms with E-state index in [0.717, 1.165) is 21.5 Å². The predicted molar refractivity (Wildman–Crippen MR) is 121 cm³/mol. The lowest BCUT2D eigenvalue weighted by Gasteiger charge is -2.27. The van der Waals surface area contributed by atoms with Gasteiger partial charge in [-0.3, -0.25) is 14.5 Å². The zero-order chi connectivity index (χ0) is 22.6. The van der Waals surface area contributed by atoms with Crippen molar-refractivity contribution in [2.24, 2.45) is 7.05 Å². The van der Waals surface area contributed by atoms with Gasteiger partial charge in [0.2, 0.25) is 0 Å². The standard InChI is InChI=1S/C22H29N5O3S/c1-15-17-12-18(31-20(17)26(5)25-15)19(28)24-10-7-11-27(21(29)30-22(2,3)4)14-16-8-6-9-23-13-16/h6,8-9,12-13H,7,10-11,14H2,1-5H3,(H,24,28). The smallest absolute Gasteiger partial charge is 0.410 e. The molecular formula is C22H29N5O3S. The van der Waals surface area contributed by atoms with Crippen molar-refractivity contribution < 1.29 is 14.3 Å². The maximum absolute atomic E-state index is 12.6. The molecule has 3 aromatic heterocycles. The Labute approximate surface area is 186 Å². The van der Waals surface area contributed by atoms with Crippen LogP contribution in [0.2, 0.25) is 0 Å². The van der Waals surface area contributed by atoms with Crippen LogP contribution in [0.3, 0.4) is 0 Å². The van der Waals surface area contributed by atoms with Crippen LogP contribution < -0.4 is 5.32 Å². The number of hydrogen-bond acceptors (Lipinski definition) is 6. The van der Waals surface area contributed by atoms with E-state index in [4.69, 9.17) is 4.74 Å². The SMILES string of the molecule is Cc1nn(C)c2sc(C(=O)NCCCN(Cc3cccnc3)C(=O)OC(C)(C)C)cc12. The fraction of sp³-hybridized carbons (Fsp3) is 0.455. The van der Waals surface area contributed by atoms with E-state index < -0.39 is 5.60 Å². The van der Waals surface area contributed by atoms with E-state index in [1.807, 2.05) is 52.9 Å². The summed E-state index contributed by atoms with van der Waals surface area (Å²) < 4.78 is 7.33. The molecule has 3 aromatic rings. The number of amides is 2. The quantitative estimate of drug-likeness (QED) is 0.560. The molecule has 0 atom stereocenters. The molecule has 1 N–H and O–H groups in total. The van der Waals surface area contributed by atoms with Gasteiger partial charge in [0.15, 0.2) is 0 Å². The fourth-order valence-electron chi connectivity index (χ4n) is 3.15. The van der Waals surface area contributed by atoms with Gasteiger partial charge in [-0.25, -0.2) is 4.79 Å². The van der Waals surface area contributed by atoms with Crippen molar-refractivity contribution in [1.29, 1.82) is 0 Å². The Balaban J connectivity index is 1.56. The lowest BCUT2D eigenvalue weighted by molar-refractivity contribution is 0.0232. The first-order valence-electron chi connectivity index (χ1n) is 10.2. The number of nitrogens with one attached hydrogen (secondary N) is 1. The highest BCUT2D eigenvalue weighted by Gasteiger charge is 2.22. The van der Waals surface area contributed by atoms with Gasteiger partial charge in [0.25, 0.3) is 5.91 Å². The molecule has 3 heterocycles. The molecule has 0 aliphatic carbocycles. The Kier molecular flexibility index (Phi) is 6.94. The van der Waals surface area contributed by atoms with Crippen molar-refractivity contribution in [3.63, 3.8) is 0 Å². The molecule has 0 aromatic carbocycles. The van der Waals surface area contributed by atoms with Gasteiger partial charge in [-0.2, -0.15) is 5.10 Å². The van der Waals surface area contributed by atoms with Crippen molar-refractivity contribution in [3.8, 4) is 0 Å². The minimum atomic E-state index is -0.577. The number of ether oxygens (including phenoxy) is 1. The number of nitrogens with zero attached hydrogens (tertiary/aromatic N) is 4. The number of carbonyl (C=O) groups is 2. The molecule has 0 saturated heterocycles. The van der Waals surface area contributed by atoms with Crippen LogP contribution >= 0.6 is 11.3 Å². The van der Waals surface area contributed by atoms with Crippen LogP contribution in [-0.4, -0.2) is 50.4 Å². The average Bonchev–Trinajstić information content (AvgIpc) is 3.25. The zero-order valence-corrected chi connectivity index (χ0v) is 19.5. The first-order chi connectivity index (χ1) is 14.6. The summed E-state index contributed by atoms with van der Waals surface area (Å²) in [6.45, 7) is 8.78. The third kappa shape index (κ3) is 6.04. The van der Waals surface area contributed by atoms with Crippen LogP contribution in [0.25, 0.3) is 10.2 Å². The Morgan fingerprint density at radius 3 is 2.74 bits per heavy atom. The Hall–Kier alpha value is -2.94. The summed E-state index contributed by atoms with van der Waals surface area (Å²) in [6, 6.07) is 5.64. The number of rotatable bonds is 7. The molecule has 0 bridgehead atoms. The molecule has 8 nitrogen and oxygen atoms in total. The zero-order valence-electron chi connectivity index (χ0n) is 18.6. The number of aromatic nitrogens is 3. The van der Waals surface area contributed by atoms with Gasteiger partial charge in [-0.1, -0.05) is 6.07 Å². The van der Waals surface area contributed by atoms with Gasteiger partial charge in [0.05, 0.1) is 17.1 Å². The number of carbonyl (C=O) groups excluding carboxylic acids is 2. The predicted octanol–water partition coefficient (Wildman–Crippen LogP) is 3.90. The summed E-state index contributed by atoms with van der Waals surface area (Å²) in [5, 5.41) is 8.31. The molecule has 166 valence electrons. The molecule has 0 fully saturated rings. The topological polar surface area (TPSA) is 89.4 Å². The van der Waals surface area contributed by atoms with E-state index >= 15 is 0 Å². The van der Waals surface area contributed by atoms with E-state index in [0.29, 0.717) is 30.9 Å². The lowest BCUT2D eigenvalue weighted by atomic mass is 10.2. The van der Waals surface area contributed by atoms with Crippen molar-refractivity contribution in [3.05, 3.63) is 46.7 Å². The maximum atomic E-state index is 12.6. The third-order valence-electron chi connectivity index (χ3n) is 4.56. The molecular weight excluding hydrogens is 414 g/mol. The molecule has 0 unspecified atom stereocenters. The second kappa shape index (κ2) is 9.47.